The summed E-state index contributed by atoms with van der Waals surface area (Å²) in [7, 11) is 0. The van der Waals surface area contributed by atoms with Crippen LogP contribution in [0.2, 0.25) is 10.0 Å². The van der Waals surface area contributed by atoms with Crippen molar-refractivity contribution in [1.82, 2.24) is 0 Å². The van der Waals surface area contributed by atoms with Gasteiger partial charge in [0.15, 0.2) is 11.5 Å². The lowest BCUT2D eigenvalue weighted by atomic mass is 10.0. The quantitative estimate of drug-likeness (QED) is 0.244. The Morgan fingerprint density at radius 2 is 1.80 bits per heavy atom. The Hall–Kier alpha value is -2.45. The minimum atomic E-state index is 0.369. The third-order valence-corrected chi connectivity index (χ3v) is 5.39. The molecular weight excluding hydrogens is 485 g/mol. The van der Waals surface area contributed by atoms with Crippen LogP contribution in [0.5, 0.6) is 11.5 Å². The Labute approximate surface area is 194 Å². The summed E-state index contributed by atoms with van der Waals surface area (Å²) in [4.78, 5) is 0. The van der Waals surface area contributed by atoms with Crippen LogP contribution in [0.15, 0.2) is 65.1 Å². The van der Waals surface area contributed by atoms with E-state index < -0.39 is 0 Å². The van der Waals surface area contributed by atoms with Gasteiger partial charge in [-0.25, -0.2) is 0 Å². The monoisotopic (exact) mass is 501 g/mol. The molecule has 3 aromatic rings. The van der Waals surface area contributed by atoms with Crippen molar-refractivity contribution in [3.63, 3.8) is 0 Å². The smallest absolute Gasteiger partial charge is 0.175 e. The van der Waals surface area contributed by atoms with E-state index in [0.717, 1.165) is 15.6 Å². The Kier molecular flexibility index (Phi) is 7.81. The van der Waals surface area contributed by atoms with Gasteiger partial charge in [-0.2, -0.15) is 5.26 Å². The molecule has 0 saturated heterocycles. The molecule has 0 N–H and O–H groups in total. The van der Waals surface area contributed by atoms with E-state index in [0.29, 0.717) is 45.9 Å². The van der Waals surface area contributed by atoms with Crippen molar-refractivity contribution < 1.29 is 9.47 Å². The van der Waals surface area contributed by atoms with Crippen molar-refractivity contribution in [3.05, 3.63) is 91.9 Å². The van der Waals surface area contributed by atoms with Crippen LogP contribution in [0.1, 0.15) is 23.6 Å². The zero-order chi connectivity index (χ0) is 21.5. The fraction of sp³-hybridized carbons (Fsp3) is 0.125. The molecule has 0 aliphatic carbocycles. The van der Waals surface area contributed by atoms with Gasteiger partial charge in [0.25, 0.3) is 0 Å². The molecule has 0 bridgehead atoms. The molecule has 0 atom stereocenters. The molecule has 3 aromatic carbocycles. The van der Waals surface area contributed by atoms with Crippen molar-refractivity contribution in [2.75, 3.05) is 6.61 Å². The van der Waals surface area contributed by atoms with Gasteiger partial charge in [0.2, 0.25) is 0 Å². The summed E-state index contributed by atoms with van der Waals surface area (Å²) < 4.78 is 12.5. The van der Waals surface area contributed by atoms with E-state index in [2.05, 4.69) is 22.0 Å². The minimum Gasteiger partial charge on any atom is -0.490 e. The number of rotatable bonds is 7. The summed E-state index contributed by atoms with van der Waals surface area (Å²) in [6.45, 7) is 2.75. The van der Waals surface area contributed by atoms with E-state index in [1.54, 1.807) is 12.1 Å². The first-order chi connectivity index (χ1) is 14.5. The Morgan fingerprint density at radius 3 is 2.47 bits per heavy atom. The average molecular weight is 503 g/mol. The number of ether oxygens (including phenoxy) is 2. The fourth-order valence-corrected chi connectivity index (χ4v) is 3.76. The first-order valence-corrected chi connectivity index (χ1v) is 10.8. The molecule has 0 unspecified atom stereocenters. The maximum atomic E-state index is 9.64. The molecule has 3 nitrogen and oxygen atoms in total. The molecule has 0 aliphatic heterocycles. The van der Waals surface area contributed by atoms with Crippen LogP contribution in [0.3, 0.4) is 0 Å². The van der Waals surface area contributed by atoms with Gasteiger partial charge < -0.3 is 9.47 Å². The molecule has 152 valence electrons. The molecule has 0 saturated carbocycles. The number of halogens is 3. The number of hydrogen-bond acceptors (Lipinski definition) is 3. The summed E-state index contributed by atoms with van der Waals surface area (Å²) in [6.07, 6.45) is 1.78. The first kappa shape index (κ1) is 22.2. The number of hydrogen-bond donors (Lipinski definition) is 0. The highest BCUT2D eigenvalue weighted by atomic mass is 79.9. The van der Waals surface area contributed by atoms with Crippen LogP contribution in [0, 0.1) is 11.3 Å². The third-order valence-electron chi connectivity index (χ3n) is 4.22. The van der Waals surface area contributed by atoms with E-state index in [4.69, 9.17) is 32.7 Å². The number of allylic oxidation sites excluding steroid dienone is 1. The summed E-state index contributed by atoms with van der Waals surface area (Å²) in [5, 5.41) is 10.8. The van der Waals surface area contributed by atoms with Gasteiger partial charge in [0.05, 0.1) is 22.7 Å². The van der Waals surface area contributed by atoms with E-state index >= 15 is 0 Å². The molecule has 6 heteroatoms. The second-order valence-corrected chi connectivity index (χ2v) is 8.03. The molecule has 30 heavy (non-hydrogen) atoms. The maximum Gasteiger partial charge on any atom is 0.175 e. The van der Waals surface area contributed by atoms with Gasteiger partial charge in [-0.3, -0.25) is 0 Å². The predicted molar refractivity (Wildman–Crippen MR) is 126 cm³/mol. The molecule has 0 radical (unpaired) electrons. The standard InChI is InChI=1S/C24H18BrCl2NO2/c1-2-29-23-13-17(11-18(14-28)20-5-3-4-6-22(20)27)12-21(25)24(23)30-15-16-7-9-19(26)10-8-16/h3-13H,2,15H2,1H3. The Balaban J connectivity index is 1.93. The molecule has 0 aromatic heterocycles. The lowest BCUT2D eigenvalue weighted by Gasteiger charge is -2.15. The van der Waals surface area contributed by atoms with Crippen LogP contribution >= 0.6 is 39.1 Å². The zero-order valence-electron chi connectivity index (χ0n) is 16.2. The van der Waals surface area contributed by atoms with Gasteiger partial charge >= 0.3 is 0 Å². The highest BCUT2D eigenvalue weighted by Crippen LogP contribution is 2.38. The molecule has 0 heterocycles. The molecule has 3 rings (SSSR count). The van der Waals surface area contributed by atoms with Crippen LogP contribution in [-0.2, 0) is 6.61 Å². The van der Waals surface area contributed by atoms with E-state index in [1.165, 1.54) is 0 Å². The normalized spacial score (nSPS) is 11.1. The Bertz CT molecular complexity index is 1110. The van der Waals surface area contributed by atoms with Gasteiger partial charge in [-0.05, 0) is 70.4 Å². The lowest BCUT2D eigenvalue weighted by molar-refractivity contribution is 0.267. The maximum absolute atomic E-state index is 9.64. The largest absolute Gasteiger partial charge is 0.490 e. The summed E-state index contributed by atoms with van der Waals surface area (Å²) in [5.41, 5.74) is 2.92. The van der Waals surface area contributed by atoms with Crippen molar-refractivity contribution >= 4 is 50.8 Å². The predicted octanol–water partition coefficient (Wildman–Crippen LogP) is 7.80. The lowest BCUT2D eigenvalue weighted by Crippen LogP contribution is -2.01. The number of nitrogens with zero attached hydrogens (tertiary/aromatic N) is 1. The Morgan fingerprint density at radius 1 is 1.07 bits per heavy atom. The third kappa shape index (κ3) is 5.58. The summed E-state index contributed by atoms with van der Waals surface area (Å²) in [5.74, 6) is 1.18. The van der Waals surface area contributed by atoms with Gasteiger partial charge in [-0.15, -0.1) is 0 Å². The number of benzene rings is 3. The van der Waals surface area contributed by atoms with Crippen molar-refractivity contribution in [2.24, 2.45) is 0 Å². The molecule has 0 fully saturated rings. The van der Waals surface area contributed by atoms with Gasteiger partial charge in [0.1, 0.15) is 6.61 Å². The van der Waals surface area contributed by atoms with Crippen molar-refractivity contribution in [2.45, 2.75) is 13.5 Å². The fourth-order valence-electron chi connectivity index (χ4n) is 2.83. The summed E-state index contributed by atoms with van der Waals surface area (Å²) in [6, 6.07) is 20.7. The van der Waals surface area contributed by atoms with Gasteiger partial charge in [0, 0.05) is 15.6 Å². The van der Waals surface area contributed by atoms with Crippen LogP contribution in [0.4, 0.5) is 0 Å². The second kappa shape index (κ2) is 10.5. The summed E-state index contributed by atoms with van der Waals surface area (Å²) >= 11 is 15.8. The zero-order valence-corrected chi connectivity index (χ0v) is 19.3. The second-order valence-electron chi connectivity index (χ2n) is 6.33. The SMILES string of the molecule is CCOc1cc(C=C(C#N)c2ccccc2Cl)cc(Br)c1OCc1ccc(Cl)cc1. The van der Waals surface area contributed by atoms with Gasteiger partial charge in [-0.1, -0.05) is 53.5 Å². The van der Waals surface area contributed by atoms with Crippen molar-refractivity contribution in [3.8, 4) is 17.6 Å². The van der Waals surface area contributed by atoms with E-state index in [-0.39, 0.29) is 0 Å². The molecule has 0 spiro atoms. The minimum absolute atomic E-state index is 0.369. The molecule has 0 aliphatic rings. The van der Waals surface area contributed by atoms with E-state index in [9.17, 15) is 5.26 Å². The average Bonchev–Trinajstić information content (AvgIpc) is 2.73. The highest BCUT2D eigenvalue weighted by molar-refractivity contribution is 9.10. The molecular formula is C24H18BrCl2NO2. The van der Waals surface area contributed by atoms with Crippen LogP contribution in [-0.4, -0.2) is 6.61 Å². The van der Waals surface area contributed by atoms with Crippen LogP contribution in [0.25, 0.3) is 11.6 Å². The van der Waals surface area contributed by atoms with E-state index in [1.807, 2.05) is 61.5 Å². The van der Waals surface area contributed by atoms with Crippen molar-refractivity contribution in [1.29, 1.82) is 5.26 Å². The first-order valence-electron chi connectivity index (χ1n) is 9.22. The number of nitriles is 1. The topological polar surface area (TPSA) is 42.2 Å². The highest BCUT2D eigenvalue weighted by Gasteiger charge is 2.13. The van der Waals surface area contributed by atoms with Crippen LogP contribution < -0.4 is 9.47 Å². The molecule has 0 amide bonds.